The van der Waals surface area contributed by atoms with E-state index < -0.39 is 22.0 Å². The number of nitrogens with zero attached hydrogens (tertiary/aromatic N) is 1. The third-order valence-corrected chi connectivity index (χ3v) is 3.98. The Morgan fingerprint density at radius 1 is 1.47 bits per heavy atom. The second-order valence-corrected chi connectivity index (χ2v) is 5.54. The number of pyridine rings is 1. The maximum atomic E-state index is 12.2. The first kappa shape index (κ1) is 15.4. The fourth-order valence-corrected chi connectivity index (χ4v) is 2.83. The summed E-state index contributed by atoms with van der Waals surface area (Å²) in [5, 5.41) is 5.32. The first-order valence-electron chi connectivity index (χ1n) is 5.84. The smallest absolute Gasteiger partial charge is 0.244 e. The van der Waals surface area contributed by atoms with Gasteiger partial charge in [0.05, 0.1) is 11.7 Å². The Hall–Kier alpha value is -1.67. The fraction of sp³-hybridized carbons (Fsp3) is 0.455. The van der Waals surface area contributed by atoms with E-state index in [0.29, 0.717) is 12.2 Å². The Morgan fingerprint density at radius 3 is 2.74 bits per heavy atom. The molecular formula is C11H18N4O3S. The highest BCUT2D eigenvalue weighted by molar-refractivity contribution is 7.89. The largest absolute Gasteiger partial charge is 0.384 e. The summed E-state index contributed by atoms with van der Waals surface area (Å²) in [4.78, 5) is 15.2. The molecule has 0 aliphatic rings. The number of hydrogen-bond donors (Lipinski definition) is 3. The van der Waals surface area contributed by atoms with Crippen LogP contribution in [0.4, 0.5) is 5.69 Å². The summed E-state index contributed by atoms with van der Waals surface area (Å²) < 4.78 is 26.7. The Labute approximate surface area is 112 Å². The highest BCUT2D eigenvalue weighted by Gasteiger charge is 2.23. The first-order chi connectivity index (χ1) is 8.92. The molecule has 1 atom stereocenters. The minimum Gasteiger partial charge on any atom is -0.384 e. The summed E-state index contributed by atoms with van der Waals surface area (Å²) in [6.07, 6.45) is 2.75. The monoisotopic (exact) mass is 286 g/mol. The van der Waals surface area contributed by atoms with E-state index in [2.05, 4.69) is 20.3 Å². The van der Waals surface area contributed by atoms with Crippen LogP contribution in [-0.2, 0) is 14.8 Å². The van der Waals surface area contributed by atoms with E-state index in [1.807, 2.05) is 6.92 Å². The summed E-state index contributed by atoms with van der Waals surface area (Å²) in [5.74, 6) is -0.405. The minimum atomic E-state index is -3.80. The van der Waals surface area contributed by atoms with Crippen molar-refractivity contribution in [3.05, 3.63) is 18.5 Å². The zero-order chi connectivity index (χ0) is 14.5. The number of likely N-dealkylation sites (N-methyl/N-ethyl adjacent to an activating group) is 1. The van der Waals surface area contributed by atoms with E-state index in [1.165, 1.54) is 26.4 Å². The van der Waals surface area contributed by atoms with Gasteiger partial charge in [0.25, 0.3) is 0 Å². The van der Waals surface area contributed by atoms with Crippen LogP contribution in [0, 0.1) is 0 Å². The van der Waals surface area contributed by atoms with Gasteiger partial charge in [-0.05, 0) is 19.9 Å². The van der Waals surface area contributed by atoms with Gasteiger partial charge in [-0.25, -0.2) is 8.42 Å². The summed E-state index contributed by atoms with van der Waals surface area (Å²) >= 11 is 0. The molecule has 7 nitrogen and oxygen atoms in total. The maximum Gasteiger partial charge on any atom is 0.244 e. The van der Waals surface area contributed by atoms with Crippen molar-refractivity contribution in [1.82, 2.24) is 15.0 Å². The zero-order valence-electron chi connectivity index (χ0n) is 11.1. The van der Waals surface area contributed by atoms with E-state index in [0.717, 1.165) is 0 Å². The number of aromatic nitrogens is 1. The van der Waals surface area contributed by atoms with E-state index in [9.17, 15) is 13.2 Å². The maximum absolute atomic E-state index is 12.2. The molecule has 106 valence electrons. The number of sulfonamides is 1. The average Bonchev–Trinajstić information content (AvgIpc) is 2.38. The van der Waals surface area contributed by atoms with Crippen LogP contribution in [-0.4, -0.2) is 38.9 Å². The van der Waals surface area contributed by atoms with Crippen LogP contribution >= 0.6 is 0 Å². The van der Waals surface area contributed by atoms with E-state index >= 15 is 0 Å². The quantitative estimate of drug-likeness (QED) is 0.679. The molecule has 0 fully saturated rings. The molecule has 0 saturated heterocycles. The van der Waals surface area contributed by atoms with E-state index in [-0.39, 0.29) is 4.90 Å². The van der Waals surface area contributed by atoms with Gasteiger partial charge >= 0.3 is 0 Å². The number of nitrogens with one attached hydrogen (secondary N) is 3. The van der Waals surface area contributed by atoms with Gasteiger partial charge in [0.2, 0.25) is 15.9 Å². The van der Waals surface area contributed by atoms with Crippen LogP contribution in [0.5, 0.6) is 0 Å². The summed E-state index contributed by atoms with van der Waals surface area (Å²) in [6, 6.07) is 0.715. The molecule has 0 spiro atoms. The molecule has 0 bridgehead atoms. The van der Waals surface area contributed by atoms with Gasteiger partial charge < -0.3 is 10.6 Å². The van der Waals surface area contributed by atoms with Crippen LogP contribution in [0.3, 0.4) is 0 Å². The fourth-order valence-electron chi connectivity index (χ4n) is 1.50. The molecule has 1 unspecified atom stereocenters. The standard InChI is InChI=1S/C11H18N4O3S/c1-4-14-9-5-6-13-7-10(9)19(17,18)15-8(2)11(16)12-3/h5-8,15H,4H2,1-3H3,(H,12,16)(H,13,14). The van der Waals surface area contributed by atoms with Crippen molar-refractivity contribution in [3.8, 4) is 0 Å². The molecule has 0 radical (unpaired) electrons. The topological polar surface area (TPSA) is 100 Å². The van der Waals surface area contributed by atoms with Crippen molar-refractivity contribution in [3.63, 3.8) is 0 Å². The van der Waals surface area contributed by atoms with Crippen LogP contribution in [0.1, 0.15) is 13.8 Å². The molecule has 0 aliphatic carbocycles. The number of carbonyl (C=O) groups excluding carboxylic acids is 1. The van der Waals surface area contributed by atoms with E-state index in [1.54, 1.807) is 6.07 Å². The third-order valence-electron chi connectivity index (χ3n) is 2.41. The Morgan fingerprint density at radius 2 is 2.16 bits per heavy atom. The molecule has 0 aromatic carbocycles. The molecule has 1 aromatic rings. The van der Waals surface area contributed by atoms with Gasteiger partial charge in [0.15, 0.2) is 0 Å². The molecule has 19 heavy (non-hydrogen) atoms. The lowest BCUT2D eigenvalue weighted by Gasteiger charge is -2.15. The number of hydrogen-bond acceptors (Lipinski definition) is 5. The number of amides is 1. The van der Waals surface area contributed by atoms with E-state index in [4.69, 9.17) is 0 Å². The first-order valence-corrected chi connectivity index (χ1v) is 7.32. The van der Waals surface area contributed by atoms with Crippen molar-refractivity contribution >= 4 is 21.6 Å². The molecule has 1 amide bonds. The normalized spacial score (nSPS) is 12.8. The molecule has 3 N–H and O–H groups in total. The second kappa shape index (κ2) is 6.48. The molecule has 8 heteroatoms. The number of anilines is 1. The molecular weight excluding hydrogens is 268 g/mol. The Bertz CT molecular complexity index is 545. The summed E-state index contributed by atoms with van der Waals surface area (Å²) in [7, 11) is -2.36. The van der Waals surface area contributed by atoms with Crippen LogP contribution in [0.25, 0.3) is 0 Å². The van der Waals surface area contributed by atoms with Crippen molar-refractivity contribution in [2.75, 3.05) is 18.9 Å². The van der Waals surface area contributed by atoms with Crippen molar-refractivity contribution in [2.45, 2.75) is 24.8 Å². The SMILES string of the molecule is CCNc1ccncc1S(=O)(=O)NC(C)C(=O)NC. The molecule has 1 heterocycles. The lowest BCUT2D eigenvalue weighted by atomic mass is 10.3. The van der Waals surface area contributed by atoms with Crippen LogP contribution in [0.2, 0.25) is 0 Å². The van der Waals surface area contributed by atoms with Crippen molar-refractivity contribution < 1.29 is 13.2 Å². The zero-order valence-corrected chi connectivity index (χ0v) is 11.9. The number of rotatable bonds is 6. The lowest BCUT2D eigenvalue weighted by Crippen LogP contribution is -2.43. The predicted molar refractivity (Wildman–Crippen MR) is 72.3 cm³/mol. The van der Waals surface area contributed by atoms with Gasteiger partial charge in [-0.3, -0.25) is 9.78 Å². The predicted octanol–water partition coefficient (Wildman–Crippen LogP) is -0.0738. The van der Waals surface area contributed by atoms with Crippen molar-refractivity contribution in [1.29, 1.82) is 0 Å². The van der Waals surface area contributed by atoms with Gasteiger partial charge in [-0.2, -0.15) is 4.72 Å². The highest BCUT2D eigenvalue weighted by Crippen LogP contribution is 2.19. The number of carbonyl (C=O) groups is 1. The van der Waals surface area contributed by atoms with Gasteiger partial charge in [0, 0.05) is 26.0 Å². The summed E-state index contributed by atoms with van der Waals surface area (Å²) in [6.45, 7) is 3.91. The Balaban J connectivity index is 3.04. The molecule has 1 rings (SSSR count). The molecule has 0 aliphatic heterocycles. The minimum absolute atomic E-state index is 0.0209. The van der Waals surface area contributed by atoms with Gasteiger partial charge in [-0.1, -0.05) is 0 Å². The lowest BCUT2D eigenvalue weighted by molar-refractivity contribution is -0.121. The average molecular weight is 286 g/mol. The van der Waals surface area contributed by atoms with Gasteiger partial charge in [-0.15, -0.1) is 0 Å². The van der Waals surface area contributed by atoms with Crippen molar-refractivity contribution in [2.24, 2.45) is 0 Å². The third kappa shape index (κ3) is 3.90. The summed E-state index contributed by atoms with van der Waals surface area (Å²) in [5.41, 5.74) is 0.453. The molecule has 1 aromatic heterocycles. The molecule has 0 saturated carbocycles. The Kier molecular flexibility index (Phi) is 5.25. The van der Waals surface area contributed by atoms with Crippen LogP contribution in [0.15, 0.2) is 23.4 Å². The highest BCUT2D eigenvalue weighted by atomic mass is 32.2. The van der Waals surface area contributed by atoms with Crippen LogP contribution < -0.4 is 15.4 Å². The van der Waals surface area contributed by atoms with Gasteiger partial charge in [0.1, 0.15) is 4.90 Å². The second-order valence-electron chi connectivity index (χ2n) is 3.86.